The summed E-state index contributed by atoms with van der Waals surface area (Å²) in [6.45, 7) is 5.30. The summed E-state index contributed by atoms with van der Waals surface area (Å²) in [7, 11) is 1.54. The first-order chi connectivity index (χ1) is 17.6. The van der Waals surface area contributed by atoms with Crippen molar-refractivity contribution in [3.8, 4) is 11.5 Å². The van der Waals surface area contributed by atoms with Gasteiger partial charge in [-0.3, -0.25) is 14.4 Å². The van der Waals surface area contributed by atoms with E-state index in [1.165, 1.54) is 5.56 Å². The van der Waals surface area contributed by atoms with Crippen LogP contribution in [0.2, 0.25) is 0 Å². The molecule has 1 amide bonds. The van der Waals surface area contributed by atoms with E-state index in [4.69, 9.17) is 14.6 Å². The second-order valence-corrected chi connectivity index (χ2v) is 9.14. The number of rotatable bonds is 7. The fraction of sp³-hybridized carbons (Fsp3) is 0.357. The summed E-state index contributed by atoms with van der Waals surface area (Å²) in [5.41, 5.74) is 4.89. The zero-order valence-corrected chi connectivity index (χ0v) is 20.6. The average molecular weight is 489 g/mol. The Balaban J connectivity index is 1.35. The first-order valence-electron chi connectivity index (χ1n) is 12.4. The third kappa shape index (κ3) is 5.29. The highest BCUT2D eigenvalue weighted by Crippen LogP contribution is 2.27. The Labute approximate surface area is 211 Å². The maximum Gasteiger partial charge on any atom is 0.274 e. The lowest BCUT2D eigenvalue weighted by Crippen LogP contribution is -2.41. The molecule has 36 heavy (non-hydrogen) atoms. The number of phenolic OH excluding ortho intramolecular Hbond substituents is 1. The number of morpholine rings is 1. The molecule has 3 aromatic rings. The molecular formula is C28H32N4O4. The number of aromatic nitrogens is 2. The van der Waals surface area contributed by atoms with Crippen LogP contribution < -0.4 is 4.74 Å². The quantitative estimate of drug-likeness (QED) is 0.550. The number of amides is 1. The minimum Gasteiger partial charge on any atom is -0.504 e. The molecule has 2 aliphatic rings. The summed E-state index contributed by atoms with van der Waals surface area (Å²) in [6, 6.07) is 15.6. The molecule has 0 unspecified atom stereocenters. The Bertz CT molecular complexity index is 1230. The number of fused-ring (bicyclic) bond motifs is 1. The second-order valence-electron chi connectivity index (χ2n) is 9.14. The van der Waals surface area contributed by atoms with Gasteiger partial charge in [-0.2, -0.15) is 5.10 Å². The summed E-state index contributed by atoms with van der Waals surface area (Å²) in [6.07, 6.45) is 4.97. The van der Waals surface area contributed by atoms with E-state index in [0.29, 0.717) is 50.8 Å². The average Bonchev–Trinajstić information content (AvgIpc) is 3.27. The maximum atomic E-state index is 13.5. The molecule has 5 rings (SSSR count). The lowest BCUT2D eigenvalue weighted by Gasteiger charge is -2.28. The minimum absolute atomic E-state index is 0.00468. The van der Waals surface area contributed by atoms with E-state index < -0.39 is 0 Å². The number of hydrogen-bond acceptors (Lipinski definition) is 6. The predicted octanol–water partition coefficient (Wildman–Crippen LogP) is 3.19. The number of benzene rings is 2. The molecule has 2 aliphatic heterocycles. The molecule has 1 N–H and O–H groups in total. The first-order valence-corrected chi connectivity index (χ1v) is 12.4. The van der Waals surface area contributed by atoms with Gasteiger partial charge in [0.05, 0.1) is 26.9 Å². The largest absolute Gasteiger partial charge is 0.504 e. The van der Waals surface area contributed by atoms with E-state index in [-0.39, 0.29) is 11.7 Å². The van der Waals surface area contributed by atoms with Crippen LogP contribution in [0.3, 0.4) is 0 Å². The highest BCUT2D eigenvalue weighted by Gasteiger charge is 2.30. The van der Waals surface area contributed by atoms with Gasteiger partial charge in [0, 0.05) is 50.4 Å². The Hall–Kier alpha value is -3.62. The van der Waals surface area contributed by atoms with Crippen molar-refractivity contribution in [2.45, 2.75) is 19.5 Å². The number of ether oxygens (including phenoxy) is 2. The lowest BCUT2D eigenvalue weighted by molar-refractivity contribution is 0.0297. The van der Waals surface area contributed by atoms with E-state index in [9.17, 15) is 9.90 Å². The molecule has 0 radical (unpaired) electrons. The van der Waals surface area contributed by atoms with Gasteiger partial charge in [0.1, 0.15) is 0 Å². The van der Waals surface area contributed by atoms with Crippen molar-refractivity contribution in [3.63, 3.8) is 0 Å². The Morgan fingerprint density at radius 1 is 1.14 bits per heavy atom. The highest BCUT2D eigenvalue weighted by atomic mass is 16.5. The Morgan fingerprint density at radius 3 is 2.72 bits per heavy atom. The molecule has 0 atom stereocenters. The SMILES string of the molecule is COc1cc(/C=C/CN2CCc3c(c(C(=O)N4CCOCC4)nn3Cc3ccccc3)C2)ccc1O. The minimum atomic E-state index is -0.00468. The van der Waals surface area contributed by atoms with E-state index in [0.717, 1.165) is 36.3 Å². The van der Waals surface area contributed by atoms with Crippen LogP contribution in [0.25, 0.3) is 6.08 Å². The highest BCUT2D eigenvalue weighted by molar-refractivity contribution is 5.94. The van der Waals surface area contributed by atoms with E-state index in [2.05, 4.69) is 23.1 Å². The third-order valence-corrected chi connectivity index (χ3v) is 6.77. The Morgan fingerprint density at radius 2 is 1.94 bits per heavy atom. The standard InChI is InChI=1S/C28H32N4O4/c1-35-26-18-21(9-10-25(26)33)8-5-12-30-13-11-24-23(20-30)27(28(34)31-14-16-36-17-15-31)29-32(24)19-22-6-3-2-4-7-22/h2-10,18,33H,11-17,19-20H2,1H3/b8-5+. The summed E-state index contributed by atoms with van der Waals surface area (Å²) in [5, 5.41) is 14.7. The summed E-state index contributed by atoms with van der Waals surface area (Å²) in [4.78, 5) is 17.7. The van der Waals surface area contributed by atoms with Crippen LogP contribution in [0.5, 0.6) is 11.5 Å². The fourth-order valence-electron chi connectivity index (χ4n) is 4.81. The van der Waals surface area contributed by atoms with Crippen LogP contribution in [0, 0.1) is 0 Å². The van der Waals surface area contributed by atoms with Crippen LogP contribution in [0.4, 0.5) is 0 Å². The molecule has 3 heterocycles. The van der Waals surface area contributed by atoms with Crippen molar-refractivity contribution in [2.24, 2.45) is 0 Å². The van der Waals surface area contributed by atoms with Gasteiger partial charge in [0.2, 0.25) is 0 Å². The van der Waals surface area contributed by atoms with Crippen LogP contribution in [-0.4, -0.2) is 77.1 Å². The van der Waals surface area contributed by atoms with E-state index in [1.807, 2.05) is 46.0 Å². The van der Waals surface area contributed by atoms with Crippen molar-refractivity contribution in [2.75, 3.05) is 46.5 Å². The summed E-state index contributed by atoms with van der Waals surface area (Å²) in [5.74, 6) is 0.579. The van der Waals surface area contributed by atoms with Gasteiger partial charge >= 0.3 is 0 Å². The predicted molar refractivity (Wildman–Crippen MR) is 137 cm³/mol. The first kappa shape index (κ1) is 24.1. The number of hydrogen-bond donors (Lipinski definition) is 1. The van der Waals surface area contributed by atoms with Crippen molar-refractivity contribution in [3.05, 3.63) is 82.7 Å². The summed E-state index contributed by atoms with van der Waals surface area (Å²) < 4.78 is 12.7. The zero-order valence-electron chi connectivity index (χ0n) is 20.6. The molecule has 0 aliphatic carbocycles. The van der Waals surface area contributed by atoms with Crippen molar-refractivity contribution < 1.29 is 19.4 Å². The second kappa shape index (κ2) is 11.0. The normalized spacial score (nSPS) is 16.3. The smallest absolute Gasteiger partial charge is 0.274 e. The van der Waals surface area contributed by atoms with Crippen molar-refractivity contribution in [1.29, 1.82) is 0 Å². The number of nitrogens with zero attached hydrogens (tertiary/aromatic N) is 4. The van der Waals surface area contributed by atoms with Crippen molar-refractivity contribution in [1.82, 2.24) is 19.6 Å². The van der Waals surface area contributed by atoms with Gasteiger partial charge in [-0.05, 0) is 23.3 Å². The molecule has 8 heteroatoms. The lowest BCUT2D eigenvalue weighted by atomic mass is 10.0. The van der Waals surface area contributed by atoms with Crippen LogP contribution in [0.15, 0.2) is 54.6 Å². The number of carbonyl (C=O) groups excluding carboxylic acids is 1. The van der Waals surface area contributed by atoms with Crippen LogP contribution >= 0.6 is 0 Å². The van der Waals surface area contributed by atoms with Crippen molar-refractivity contribution >= 4 is 12.0 Å². The summed E-state index contributed by atoms with van der Waals surface area (Å²) >= 11 is 0. The molecule has 0 spiro atoms. The number of phenols is 1. The van der Waals surface area contributed by atoms with E-state index >= 15 is 0 Å². The van der Waals surface area contributed by atoms with Crippen LogP contribution in [0.1, 0.15) is 32.9 Å². The maximum absolute atomic E-state index is 13.5. The number of aromatic hydroxyl groups is 1. The molecule has 2 aromatic carbocycles. The molecule has 0 saturated carbocycles. The van der Waals surface area contributed by atoms with Crippen LogP contribution in [-0.2, 0) is 24.2 Å². The van der Waals surface area contributed by atoms with Gasteiger partial charge < -0.3 is 19.5 Å². The van der Waals surface area contributed by atoms with Gasteiger partial charge in [0.15, 0.2) is 17.2 Å². The molecule has 1 saturated heterocycles. The van der Waals surface area contributed by atoms with Gasteiger partial charge in [0.25, 0.3) is 5.91 Å². The molecule has 1 fully saturated rings. The molecule has 188 valence electrons. The van der Waals surface area contributed by atoms with E-state index in [1.54, 1.807) is 13.2 Å². The fourth-order valence-corrected chi connectivity index (χ4v) is 4.81. The topological polar surface area (TPSA) is 80.1 Å². The number of methoxy groups -OCH3 is 1. The Kier molecular flexibility index (Phi) is 7.34. The van der Waals surface area contributed by atoms with Gasteiger partial charge in [-0.15, -0.1) is 0 Å². The molecular weight excluding hydrogens is 456 g/mol. The van der Waals surface area contributed by atoms with Gasteiger partial charge in [-0.25, -0.2) is 0 Å². The monoisotopic (exact) mass is 488 g/mol. The molecule has 1 aromatic heterocycles. The zero-order chi connectivity index (χ0) is 24.9. The molecule has 8 nitrogen and oxygen atoms in total. The number of carbonyl (C=O) groups is 1. The van der Waals surface area contributed by atoms with Gasteiger partial charge in [-0.1, -0.05) is 48.6 Å². The molecule has 0 bridgehead atoms. The third-order valence-electron chi connectivity index (χ3n) is 6.77.